The summed E-state index contributed by atoms with van der Waals surface area (Å²) in [7, 11) is 1.58. The normalized spacial score (nSPS) is 22.6. The quantitative estimate of drug-likeness (QED) is 0.556. The molecule has 0 N–H and O–H groups in total. The molecule has 0 spiro atoms. The van der Waals surface area contributed by atoms with Crippen LogP contribution in [-0.2, 0) is 23.9 Å². The van der Waals surface area contributed by atoms with E-state index in [1.807, 2.05) is 48.5 Å². The maximum absolute atomic E-state index is 13.4. The Hall–Kier alpha value is -1.67. The van der Waals surface area contributed by atoms with Crippen LogP contribution in [0.15, 0.2) is 0 Å². The van der Waals surface area contributed by atoms with Crippen molar-refractivity contribution in [3.8, 4) is 0 Å². The molecule has 190 valence electrons. The van der Waals surface area contributed by atoms with E-state index in [0.717, 1.165) is 25.7 Å². The molecule has 0 aliphatic carbocycles. The number of nitrogens with zero attached hydrogens (tertiary/aromatic N) is 2. The van der Waals surface area contributed by atoms with Crippen LogP contribution in [0.25, 0.3) is 0 Å². The molecule has 2 amide bonds. The van der Waals surface area contributed by atoms with Crippen molar-refractivity contribution < 1.29 is 28.7 Å². The number of amides is 2. The van der Waals surface area contributed by atoms with Crippen molar-refractivity contribution in [1.82, 2.24) is 9.96 Å². The first kappa shape index (κ1) is 27.6. The van der Waals surface area contributed by atoms with Crippen molar-refractivity contribution in [1.29, 1.82) is 0 Å². The lowest BCUT2D eigenvalue weighted by molar-refractivity contribution is -0.204. The van der Waals surface area contributed by atoms with Crippen LogP contribution >= 0.6 is 0 Å². The van der Waals surface area contributed by atoms with Crippen molar-refractivity contribution in [2.45, 2.75) is 98.3 Å². The number of hydrogen-bond donors (Lipinski definition) is 0. The first-order valence-corrected chi connectivity index (χ1v) is 12.3. The van der Waals surface area contributed by atoms with E-state index in [4.69, 9.17) is 14.3 Å². The third-order valence-corrected chi connectivity index (χ3v) is 6.58. The van der Waals surface area contributed by atoms with E-state index in [0.29, 0.717) is 19.7 Å². The van der Waals surface area contributed by atoms with Gasteiger partial charge >= 0.3 is 6.09 Å². The lowest BCUT2D eigenvalue weighted by atomic mass is 9.75. The van der Waals surface area contributed by atoms with Crippen molar-refractivity contribution in [2.75, 3.05) is 26.8 Å². The highest BCUT2D eigenvalue weighted by molar-refractivity contribution is 5.88. The maximum atomic E-state index is 13.4. The van der Waals surface area contributed by atoms with Crippen LogP contribution in [0.5, 0.6) is 0 Å². The number of carbonyl (C=O) groups is 3. The Balaban J connectivity index is 2.13. The maximum Gasteiger partial charge on any atom is 0.410 e. The molecule has 8 heteroatoms. The smallest absolute Gasteiger partial charge is 0.410 e. The molecule has 0 unspecified atom stereocenters. The highest BCUT2D eigenvalue weighted by atomic mass is 16.7. The standard InChI is InChI=1S/C25H44N2O6/c1-17(21(31-8)19-12-11-13-26(19)23(30)33-25(5,6)7)20(28)16-18(24(2,3)4)22(29)27-14-9-10-15-32-27/h17-19,21H,9-16H2,1-8H3/t17-,18+,19-,21+/m0/s1. The summed E-state index contributed by atoms with van der Waals surface area (Å²) in [6, 6.07) is -0.238. The molecule has 8 nitrogen and oxygen atoms in total. The molecule has 2 heterocycles. The minimum Gasteiger partial charge on any atom is -0.444 e. The Morgan fingerprint density at radius 1 is 1.03 bits per heavy atom. The number of hydroxylamine groups is 2. The third kappa shape index (κ3) is 7.41. The Morgan fingerprint density at radius 2 is 1.70 bits per heavy atom. The number of likely N-dealkylation sites (tertiary alicyclic amines) is 1. The largest absolute Gasteiger partial charge is 0.444 e. The van der Waals surface area contributed by atoms with Crippen LogP contribution in [0.1, 0.15) is 80.6 Å². The first-order valence-electron chi connectivity index (χ1n) is 12.3. The van der Waals surface area contributed by atoms with Crippen LogP contribution in [-0.4, -0.2) is 72.3 Å². The van der Waals surface area contributed by atoms with E-state index in [-0.39, 0.29) is 30.2 Å². The predicted molar refractivity (Wildman–Crippen MR) is 125 cm³/mol. The van der Waals surface area contributed by atoms with Gasteiger partial charge in [0.2, 0.25) is 5.91 Å². The van der Waals surface area contributed by atoms with Gasteiger partial charge in [0.05, 0.1) is 24.7 Å². The highest BCUT2D eigenvalue weighted by Crippen LogP contribution is 2.34. The zero-order valence-corrected chi connectivity index (χ0v) is 21.8. The van der Waals surface area contributed by atoms with Crippen molar-refractivity contribution in [3.05, 3.63) is 0 Å². The molecule has 0 radical (unpaired) electrons. The minimum absolute atomic E-state index is 0.0387. The second-order valence-corrected chi connectivity index (χ2v) is 11.4. The number of methoxy groups -OCH3 is 1. The fourth-order valence-corrected chi connectivity index (χ4v) is 4.65. The van der Waals surface area contributed by atoms with Gasteiger partial charge in [0.15, 0.2) is 0 Å². The van der Waals surface area contributed by atoms with Gasteiger partial charge in [-0.05, 0) is 51.9 Å². The van der Waals surface area contributed by atoms with Crippen LogP contribution < -0.4 is 0 Å². The number of rotatable bonds is 7. The molecular weight excluding hydrogens is 424 g/mol. The van der Waals surface area contributed by atoms with E-state index < -0.39 is 29.0 Å². The lowest BCUT2D eigenvalue weighted by Crippen LogP contribution is -2.50. The fourth-order valence-electron chi connectivity index (χ4n) is 4.65. The number of hydrogen-bond acceptors (Lipinski definition) is 6. The summed E-state index contributed by atoms with van der Waals surface area (Å²) in [5.74, 6) is -1.13. The third-order valence-electron chi connectivity index (χ3n) is 6.58. The monoisotopic (exact) mass is 468 g/mol. The zero-order valence-electron chi connectivity index (χ0n) is 21.8. The van der Waals surface area contributed by atoms with Crippen LogP contribution in [0.2, 0.25) is 0 Å². The van der Waals surface area contributed by atoms with Gasteiger partial charge in [-0.3, -0.25) is 14.4 Å². The number of carbonyl (C=O) groups excluding carboxylic acids is 3. The summed E-state index contributed by atoms with van der Waals surface area (Å²) in [6.45, 7) is 15.0. The van der Waals surface area contributed by atoms with E-state index >= 15 is 0 Å². The van der Waals surface area contributed by atoms with Gasteiger partial charge in [-0.15, -0.1) is 0 Å². The van der Waals surface area contributed by atoms with Crippen LogP contribution in [0, 0.1) is 17.3 Å². The van der Waals surface area contributed by atoms with Gasteiger partial charge in [0, 0.05) is 32.5 Å². The van der Waals surface area contributed by atoms with E-state index in [9.17, 15) is 14.4 Å². The molecule has 2 rings (SSSR count). The molecule has 4 atom stereocenters. The summed E-state index contributed by atoms with van der Waals surface area (Å²) >= 11 is 0. The van der Waals surface area contributed by atoms with Gasteiger partial charge in [-0.1, -0.05) is 27.7 Å². The van der Waals surface area contributed by atoms with Crippen LogP contribution in [0.3, 0.4) is 0 Å². The summed E-state index contributed by atoms with van der Waals surface area (Å²) in [5.41, 5.74) is -0.989. The molecule has 2 aliphatic heterocycles. The van der Waals surface area contributed by atoms with Gasteiger partial charge in [-0.25, -0.2) is 9.86 Å². The summed E-state index contributed by atoms with van der Waals surface area (Å²) in [5, 5.41) is 1.44. The molecule has 0 aromatic heterocycles. The molecule has 2 aliphatic rings. The van der Waals surface area contributed by atoms with Gasteiger partial charge in [0.1, 0.15) is 11.4 Å². The topological polar surface area (TPSA) is 85.4 Å². The Kier molecular flexibility index (Phi) is 9.33. The molecule has 0 aromatic rings. The zero-order chi connectivity index (χ0) is 25.0. The molecule has 0 aromatic carbocycles. The molecule has 0 bridgehead atoms. The second-order valence-electron chi connectivity index (χ2n) is 11.4. The summed E-state index contributed by atoms with van der Waals surface area (Å²) in [6.07, 6.45) is 2.69. The van der Waals surface area contributed by atoms with Crippen molar-refractivity contribution in [2.24, 2.45) is 17.3 Å². The predicted octanol–water partition coefficient (Wildman–Crippen LogP) is 4.21. The van der Waals surface area contributed by atoms with Gasteiger partial charge in [-0.2, -0.15) is 0 Å². The van der Waals surface area contributed by atoms with E-state index in [1.54, 1.807) is 12.0 Å². The van der Waals surface area contributed by atoms with Crippen LogP contribution in [0.4, 0.5) is 4.79 Å². The van der Waals surface area contributed by atoms with E-state index in [1.165, 1.54) is 5.06 Å². The number of ether oxygens (including phenoxy) is 2. The average Bonchev–Trinajstić information content (AvgIpc) is 3.20. The minimum atomic E-state index is -0.592. The Labute approximate surface area is 199 Å². The summed E-state index contributed by atoms with van der Waals surface area (Å²) < 4.78 is 11.4. The van der Waals surface area contributed by atoms with Gasteiger partial charge in [0.25, 0.3) is 0 Å². The summed E-state index contributed by atoms with van der Waals surface area (Å²) in [4.78, 5) is 46.7. The molecule has 2 fully saturated rings. The SMILES string of the molecule is CO[C@H]([C@@H](C)C(=O)C[C@H](C(=O)N1CCCCO1)C(C)(C)C)[C@@H]1CCCN1C(=O)OC(C)(C)C. The van der Waals surface area contributed by atoms with Crippen molar-refractivity contribution in [3.63, 3.8) is 0 Å². The second kappa shape index (κ2) is 11.2. The lowest BCUT2D eigenvalue weighted by Gasteiger charge is -2.37. The Morgan fingerprint density at radius 3 is 2.21 bits per heavy atom. The molecule has 0 saturated carbocycles. The van der Waals surface area contributed by atoms with Gasteiger partial charge < -0.3 is 14.4 Å². The highest BCUT2D eigenvalue weighted by Gasteiger charge is 2.43. The molecule has 2 saturated heterocycles. The molecular formula is C25H44N2O6. The number of Topliss-reactive ketones (excluding diaryl/α,β-unsaturated/α-hetero) is 1. The first-order chi connectivity index (χ1) is 15.3. The Bertz CT molecular complexity index is 690. The number of ketones is 1. The fraction of sp³-hybridized carbons (Fsp3) is 0.880. The molecule has 33 heavy (non-hydrogen) atoms. The average molecular weight is 469 g/mol. The van der Waals surface area contributed by atoms with Crippen molar-refractivity contribution >= 4 is 17.8 Å². The van der Waals surface area contributed by atoms with E-state index in [2.05, 4.69) is 0 Å².